The summed E-state index contributed by atoms with van der Waals surface area (Å²) >= 11 is 13.5. The first-order chi connectivity index (χ1) is 11.1. The SMILES string of the molecule is N#Cc1ccc(COC(=O)c2sc3cc(Cl)ccc3c2Cl)cc1. The molecule has 0 saturated carbocycles. The summed E-state index contributed by atoms with van der Waals surface area (Å²) in [6.45, 7) is 0.121. The minimum Gasteiger partial charge on any atom is -0.457 e. The van der Waals surface area contributed by atoms with E-state index in [9.17, 15) is 4.79 Å². The van der Waals surface area contributed by atoms with Gasteiger partial charge in [-0.25, -0.2) is 4.79 Å². The third kappa shape index (κ3) is 3.32. The Labute approximate surface area is 146 Å². The molecule has 1 heterocycles. The van der Waals surface area contributed by atoms with E-state index in [1.54, 1.807) is 42.5 Å². The van der Waals surface area contributed by atoms with Gasteiger partial charge < -0.3 is 4.74 Å². The molecule has 1 aromatic heterocycles. The maximum Gasteiger partial charge on any atom is 0.350 e. The van der Waals surface area contributed by atoms with E-state index < -0.39 is 5.97 Å². The zero-order valence-corrected chi connectivity index (χ0v) is 14.0. The topological polar surface area (TPSA) is 50.1 Å². The number of hydrogen-bond acceptors (Lipinski definition) is 4. The average Bonchev–Trinajstić information content (AvgIpc) is 2.89. The number of hydrogen-bond donors (Lipinski definition) is 0. The molecule has 2 aromatic carbocycles. The lowest BCUT2D eigenvalue weighted by Crippen LogP contribution is -2.03. The second kappa shape index (κ2) is 6.59. The molecule has 6 heteroatoms. The number of nitrogens with zero attached hydrogens (tertiary/aromatic N) is 1. The fourth-order valence-electron chi connectivity index (χ4n) is 2.06. The molecule has 0 fully saturated rings. The lowest BCUT2D eigenvalue weighted by Gasteiger charge is -2.04. The van der Waals surface area contributed by atoms with Crippen molar-refractivity contribution in [2.45, 2.75) is 6.61 Å². The van der Waals surface area contributed by atoms with Crippen molar-refractivity contribution < 1.29 is 9.53 Å². The van der Waals surface area contributed by atoms with E-state index in [0.717, 1.165) is 15.6 Å². The van der Waals surface area contributed by atoms with Crippen LogP contribution in [0.1, 0.15) is 20.8 Å². The first-order valence-electron chi connectivity index (χ1n) is 6.62. The van der Waals surface area contributed by atoms with Crippen molar-refractivity contribution in [2.24, 2.45) is 0 Å². The number of carbonyl (C=O) groups excluding carboxylic acids is 1. The molecule has 0 unspecified atom stereocenters. The Balaban J connectivity index is 1.78. The largest absolute Gasteiger partial charge is 0.457 e. The third-order valence-electron chi connectivity index (χ3n) is 3.23. The summed E-state index contributed by atoms with van der Waals surface area (Å²) in [7, 11) is 0. The van der Waals surface area contributed by atoms with Crippen LogP contribution in [-0.4, -0.2) is 5.97 Å². The number of carbonyl (C=O) groups is 1. The Morgan fingerprint density at radius 3 is 2.61 bits per heavy atom. The maximum absolute atomic E-state index is 12.2. The number of rotatable bonds is 3. The lowest BCUT2D eigenvalue weighted by molar-refractivity contribution is 0.0479. The van der Waals surface area contributed by atoms with Gasteiger partial charge in [-0.3, -0.25) is 0 Å². The van der Waals surface area contributed by atoms with E-state index in [1.165, 1.54) is 11.3 Å². The first kappa shape index (κ1) is 15.8. The fraction of sp³-hybridized carbons (Fsp3) is 0.0588. The highest BCUT2D eigenvalue weighted by molar-refractivity contribution is 7.21. The monoisotopic (exact) mass is 361 g/mol. The molecule has 0 aliphatic carbocycles. The standard InChI is InChI=1S/C17H9Cl2NO2S/c18-12-5-6-13-14(7-12)23-16(15(13)19)17(21)22-9-11-3-1-10(8-20)2-4-11/h1-7H,9H2. The van der Waals surface area contributed by atoms with E-state index in [-0.39, 0.29) is 6.61 Å². The van der Waals surface area contributed by atoms with Crippen LogP contribution in [0, 0.1) is 11.3 Å². The molecule has 0 bridgehead atoms. The van der Waals surface area contributed by atoms with E-state index in [0.29, 0.717) is 20.5 Å². The van der Waals surface area contributed by atoms with Gasteiger partial charge in [0.25, 0.3) is 0 Å². The van der Waals surface area contributed by atoms with Gasteiger partial charge in [-0.2, -0.15) is 5.26 Å². The molecule has 114 valence electrons. The Bertz CT molecular complexity index is 926. The summed E-state index contributed by atoms with van der Waals surface area (Å²) in [6.07, 6.45) is 0. The van der Waals surface area contributed by atoms with Crippen molar-refractivity contribution in [1.29, 1.82) is 5.26 Å². The van der Waals surface area contributed by atoms with Gasteiger partial charge in [0, 0.05) is 15.1 Å². The molecule has 3 rings (SSSR count). The van der Waals surface area contributed by atoms with Crippen LogP contribution in [0.15, 0.2) is 42.5 Å². The molecule has 23 heavy (non-hydrogen) atoms. The summed E-state index contributed by atoms with van der Waals surface area (Å²) < 4.78 is 6.14. The van der Waals surface area contributed by atoms with Gasteiger partial charge in [-0.15, -0.1) is 11.3 Å². The van der Waals surface area contributed by atoms with Crippen molar-refractivity contribution in [2.75, 3.05) is 0 Å². The zero-order valence-electron chi connectivity index (χ0n) is 11.7. The number of fused-ring (bicyclic) bond motifs is 1. The van der Waals surface area contributed by atoms with Crippen molar-refractivity contribution in [3.05, 3.63) is 68.5 Å². The number of benzene rings is 2. The molecule has 0 saturated heterocycles. The van der Waals surface area contributed by atoms with E-state index in [2.05, 4.69) is 0 Å². The summed E-state index contributed by atoms with van der Waals surface area (Å²) in [5.41, 5.74) is 1.36. The number of nitriles is 1. The molecule has 0 atom stereocenters. The van der Waals surface area contributed by atoms with Crippen LogP contribution in [0.25, 0.3) is 10.1 Å². The van der Waals surface area contributed by atoms with Crippen molar-refractivity contribution in [3.63, 3.8) is 0 Å². The third-order valence-corrected chi connectivity index (χ3v) is 5.10. The van der Waals surface area contributed by atoms with Gasteiger partial charge in [-0.05, 0) is 29.8 Å². The minimum absolute atomic E-state index is 0.121. The normalized spacial score (nSPS) is 10.5. The van der Waals surface area contributed by atoms with Gasteiger partial charge in [0.2, 0.25) is 0 Å². The van der Waals surface area contributed by atoms with Crippen molar-refractivity contribution in [1.82, 2.24) is 0 Å². The highest BCUT2D eigenvalue weighted by Gasteiger charge is 2.18. The zero-order chi connectivity index (χ0) is 16.4. The van der Waals surface area contributed by atoms with Crippen LogP contribution in [-0.2, 0) is 11.3 Å². The number of ether oxygens (including phenoxy) is 1. The molecule has 0 amide bonds. The molecule has 3 nitrogen and oxygen atoms in total. The Kier molecular flexibility index (Phi) is 4.53. The van der Waals surface area contributed by atoms with Gasteiger partial charge in [0.15, 0.2) is 0 Å². The smallest absolute Gasteiger partial charge is 0.350 e. The summed E-state index contributed by atoms with van der Waals surface area (Å²) in [5.74, 6) is -0.475. The maximum atomic E-state index is 12.2. The minimum atomic E-state index is -0.475. The summed E-state index contributed by atoms with van der Waals surface area (Å²) in [5, 5.41) is 10.5. The lowest BCUT2D eigenvalue weighted by atomic mass is 10.2. The summed E-state index contributed by atoms with van der Waals surface area (Å²) in [4.78, 5) is 12.6. The molecule has 3 aromatic rings. The van der Waals surface area contributed by atoms with Gasteiger partial charge >= 0.3 is 5.97 Å². The second-order valence-corrected chi connectivity index (χ2v) is 6.64. The van der Waals surface area contributed by atoms with Crippen LogP contribution in [0.3, 0.4) is 0 Å². The van der Waals surface area contributed by atoms with Crippen LogP contribution in [0.2, 0.25) is 10.0 Å². The second-order valence-electron chi connectivity index (χ2n) is 4.77. The van der Waals surface area contributed by atoms with E-state index >= 15 is 0 Å². The van der Waals surface area contributed by atoms with Gasteiger partial charge in [-0.1, -0.05) is 41.4 Å². The molecule has 0 aliphatic rings. The van der Waals surface area contributed by atoms with Crippen molar-refractivity contribution >= 4 is 50.6 Å². The van der Waals surface area contributed by atoms with Crippen LogP contribution in [0.4, 0.5) is 0 Å². The van der Waals surface area contributed by atoms with E-state index in [4.69, 9.17) is 33.2 Å². The average molecular weight is 362 g/mol. The van der Waals surface area contributed by atoms with Gasteiger partial charge in [0.1, 0.15) is 11.5 Å². The highest BCUT2D eigenvalue weighted by Crippen LogP contribution is 2.37. The van der Waals surface area contributed by atoms with Crippen molar-refractivity contribution in [3.8, 4) is 6.07 Å². The highest BCUT2D eigenvalue weighted by atomic mass is 35.5. The Morgan fingerprint density at radius 1 is 1.17 bits per heavy atom. The Hall–Kier alpha value is -2.06. The fourth-order valence-corrected chi connectivity index (χ4v) is 3.74. The molecule has 0 spiro atoms. The predicted octanol–water partition coefficient (Wildman–Crippen LogP) is 5.44. The quantitative estimate of drug-likeness (QED) is 0.583. The summed E-state index contributed by atoms with van der Waals surface area (Å²) in [6, 6.07) is 14.2. The molecule has 0 N–H and O–H groups in total. The molecule has 0 aliphatic heterocycles. The molecular weight excluding hydrogens is 353 g/mol. The number of thiophene rings is 1. The number of esters is 1. The predicted molar refractivity (Wildman–Crippen MR) is 92.1 cm³/mol. The number of halogens is 2. The van der Waals surface area contributed by atoms with Gasteiger partial charge in [0.05, 0.1) is 16.7 Å². The van der Waals surface area contributed by atoms with Crippen LogP contribution >= 0.6 is 34.5 Å². The first-order valence-corrected chi connectivity index (χ1v) is 8.19. The van der Waals surface area contributed by atoms with E-state index in [1.807, 2.05) is 6.07 Å². The Morgan fingerprint density at radius 2 is 1.91 bits per heavy atom. The van der Waals surface area contributed by atoms with Crippen LogP contribution < -0.4 is 0 Å². The van der Waals surface area contributed by atoms with Crippen LogP contribution in [0.5, 0.6) is 0 Å². The molecule has 0 radical (unpaired) electrons. The molecular formula is C17H9Cl2NO2S.